The molecule has 0 spiro atoms. The molecule has 1 saturated heterocycles. The minimum absolute atomic E-state index is 0.166. The minimum Gasteiger partial charge on any atom is -0.504 e. The highest BCUT2D eigenvalue weighted by molar-refractivity contribution is 5.41. The van der Waals surface area contributed by atoms with Gasteiger partial charge in [-0.15, -0.1) is 0 Å². The van der Waals surface area contributed by atoms with Crippen LogP contribution >= 0.6 is 0 Å². The van der Waals surface area contributed by atoms with E-state index in [4.69, 9.17) is 14.2 Å². The molecule has 0 unspecified atom stereocenters. The highest BCUT2D eigenvalue weighted by Gasteiger charge is 2.20. The molecule has 140 valence electrons. The molecule has 1 aliphatic heterocycles. The maximum absolute atomic E-state index is 10.1. The Bertz CT molecular complexity index is 713. The maximum atomic E-state index is 10.1. The van der Waals surface area contributed by atoms with Crippen LogP contribution in [-0.2, 0) is 17.8 Å². The number of rotatable bonds is 8. The first kappa shape index (κ1) is 18.5. The number of ether oxygens (including phenoxy) is 3. The van der Waals surface area contributed by atoms with Crippen molar-refractivity contribution in [3.05, 3.63) is 53.6 Å². The maximum Gasteiger partial charge on any atom is 0.160 e. The summed E-state index contributed by atoms with van der Waals surface area (Å²) in [7, 11) is 3.25. The van der Waals surface area contributed by atoms with Crippen LogP contribution in [0.25, 0.3) is 0 Å². The van der Waals surface area contributed by atoms with Crippen LogP contribution in [0, 0.1) is 0 Å². The highest BCUT2D eigenvalue weighted by atomic mass is 16.5. The first-order chi connectivity index (χ1) is 12.7. The summed E-state index contributed by atoms with van der Waals surface area (Å²) in [5, 5.41) is 10.1. The number of methoxy groups -OCH3 is 2. The van der Waals surface area contributed by atoms with Gasteiger partial charge in [-0.05, 0) is 36.6 Å². The van der Waals surface area contributed by atoms with Gasteiger partial charge in [0.1, 0.15) is 5.75 Å². The average Bonchev–Trinajstić information content (AvgIpc) is 3.15. The van der Waals surface area contributed by atoms with E-state index in [-0.39, 0.29) is 11.9 Å². The van der Waals surface area contributed by atoms with Crippen LogP contribution in [0.15, 0.2) is 42.5 Å². The smallest absolute Gasteiger partial charge is 0.160 e. The summed E-state index contributed by atoms with van der Waals surface area (Å²) in [6, 6.07) is 13.6. The SMILES string of the molecule is COc1ccc(CN(Cc2ccccc2OC)C[C@H]2CCCO2)cc1O. The summed E-state index contributed by atoms with van der Waals surface area (Å²) in [6.45, 7) is 3.17. The fourth-order valence-corrected chi connectivity index (χ4v) is 3.43. The Hall–Kier alpha value is -2.24. The van der Waals surface area contributed by atoms with Gasteiger partial charge in [0.05, 0.1) is 20.3 Å². The topological polar surface area (TPSA) is 51.2 Å². The molecule has 1 atom stereocenters. The molecule has 1 aliphatic rings. The van der Waals surface area contributed by atoms with E-state index in [0.29, 0.717) is 5.75 Å². The Morgan fingerprint density at radius 3 is 2.58 bits per heavy atom. The first-order valence-electron chi connectivity index (χ1n) is 9.01. The molecule has 1 heterocycles. The van der Waals surface area contributed by atoms with Crippen LogP contribution < -0.4 is 9.47 Å². The van der Waals surface area contributed by atoms with Crippen molar-refractivity contribution in [2.45, 2.75) is 32.0 Å². The second-order valence-electron chi connectivity index (χ2n) is 6.62. The Balaban J connectivity index is 1.77. The molecule has 0 saturated carbocycles. The second-order valence-corrected chi connectivity index (χ2v) is 6.62. The highest BCUT2D eigenvalue weighted by Crippen LogP contribution is 2.28. The second kappa shape index (κ2) is 8.92. The summed E-state index contributed by atoms with van der Waals surface area (Å²) < 4.78 is 16.5. The Morgan fingerprint density at radius 2 is 1.88 bits per heavy atom. The van der Waals surface area contributed by atoms with E-state index >= 15 is 0 Å². The molecule has 5 heteroatoms. The summed E-state index contributed by atoms with van der Waals surface area (Å²) in [5.41, 5.74) is 2.18. The van der Waals surface area contributed by atoms with E-state index in [1.807, 2.05) is 24.3 Å². The third-order valence-corrected chi connectivity index (χ3v) is 4.72. The van der Waals surface area contributed by atoms with Crippen LogP contribution in [-0.4, -0.2) is 43.5 Å². The van der Waals surface area contributed by atoms with Gasteiger partial charge in [0.2, 0.25) is 0 Å². The first-order valence-corrected chi connectivity index (χ1v) is 9.01. The van der Waals surface area contributed by atoms with E-state index in [2.05, 4.69) is 11.0 Å². The predicted octanol–water partition coefficient (Wildman–Crippen LogP) is 3.59. The number of hydrogen-bond acceptors (Lipinski definition) is 5. The van der Waals surface area contributed by atoms with Gasteiger partial charge in [0, 0.05) is 31.8 Å². The zero-order chi connectivity index (χ0) is 18.4. The standard InChI is InChI=1S/C21H27NO4/c1-24-20-8-4-3-6-17(20)14-22(15-18-7-5-11-26-18)13-16-9-10-21(25-2)19(23)12-16/h3-4,6,8-10,12,18,23H,5,7,11,13-15H2,1-2H3/t18-/m1/s1. The molecular formula is C21H27NO4. The van der Waals surface area contributed by atoms with E-state index in [0.717, 1.165) is 56.0 Å². The number of para-hydroxylation sites is 1. The molecule has 0 radical (unpaired) electrons. The number of hydrogen-bond donors (Lipinski definition) is 1. The van der Waals surface area contributed by atoms with Gasteiger partial charge in [-0.3, -0.25) is 4.90 Å². The van der Waals surface area contributed by atoms with Gasteiger partial charge in [0.25, 0.3) is 0 Å². The van der Waals surface area contributed by atoms with Crippen molar-refractivity contribution in [3.63, 3.8) is 0 Å². The van der Waals surface area contributed by atoms with E-state index in [1.54, 1.807) is 26.4 Å². The summed E-state index contributed by atoms with van der Waals surface area (Å²) >= 11 is 0. The zero-order valence-corrected chi connectivity index (χ0v) is 15.5. The lowest BCUT2D eigenvalue weighted by atomic mass is 10.1. The third-order valence-electron chi connectivity index (χ3n) is 4.72. The monoisotopic (exact) mass is 357 g/mol. The van der Waals surface area contributed by atoms with Crippen molar-refractivity contribution < 1.29 is 19.3 Å². The summed E-state index contributed by atoms with van der Waals surface area (Å²) in [4.78, 5) is 2.34. The van der Waals surface area contributed by atoms with Crippen LogP contribution in [0.4, 0.5) is 0 Å². The molecule has 0 aromatic heterocycles. The predicted molar refractivity (Wildman–Crippen MR) is 101 cm³/mol. The van der Waals surface area contributed by atoms with Gasteiger partial charge >= 0.3 is 0 Å². The van der Waals surface area contributed by atoms with Crippen LogP contribution in [0.5, 0.6) is 17.2 Å². The van der Waals surface area contributed by atoms with Gasteiger partial charge in [-0.25, -0.2) is 0 Å². The molecule has 1 N–H and O–H groups in total. The largest absolute Gasteiger partial charge is 0.504 e. The number of phenols is 1. The molecule has 26 heavy (non-hydrogen) atoms. The third kappa shape index (κ3) is 4.68. The van der Waals surface area contributed by atoms with Crippen molar-refractivity contribution in [3.8, 4) is 17.2 Å². The average molecular weight is 357 g/mol. The fraction of sp³-hybridized carbons (Fsp3) is 0.429. The molecule has 3 rings (SSSR count). The Labute approximate surface area is 155 Å². The quantitative estimate of drug-likeness (QED) is 0.782. The normalized spacial score (nSPS) is 16.8. The van der Waals surface area contributed by atoms with Crippen molar-refractivity contribution in [1.29, 1.82) is 0 Å². The van der Waals surface area contributed by atoms with Gasteiger partial charge in [-0.2, -0.15) is 0 Å². The van der Waals surface area contributed by atoms with Crippen molar-refractivity contribution in [2.24, 2.45) is 0 Å². The lowest BCUT2D eigenvalue weighted by Gasteiger charge is -2.26. The van der Waals surface area contributed by atoms with E-state index < -0.39 is 0 Å². The lowest BCUT2D eigenvalue weighted by molar-refractivity contribution is 0.0676. The fourth-order valence-electron chi connectivity index (χ4n) is 3.43. The van der Waals surface area contributed by atoms with Crippen LogP contribution in [0.3, 0.4) is 0 Å². The molecule has 2 aromatic carbocycles. The van der Waals surface area contributed by atoms with Gasteiger partial charge in [-0.1, -0.05) is 24.3 Å². The van der Waals surface area contributed by atoms with Crippen LogP contribution in [0.2, 0.25) is 0 Å². The molecule has 5 nitrogen and oxygen atoms in total. The van der Waals surface area contributed by atoms with Crippen LogP contribution in [0.1, 0.15) is 24.0 Å². The number of aromatic hydroxyl groups is 1. The molecule has 2 aromatic rings. The van der Waals surface area contributed by atoms with Crippen molar-refractivity contribution in [1.82, 2.24) is 4.90 Å². The van der Waals surface area contributed by atoms with E-state index in [9.17, 15) is 5.11 Å². The number of nitrogens with zero attached hydrogens (tertiary/aromatic N) is 1. The summed E-state index contributed by atoms with van der Waals surface area (Å²) in [5.74, 6) is 1.55. The Morgan fingerprint density at radius 1 is 1.08 bits per heavy atom. The minimum atomic E-state index is 0.166. The molecular weight excluding hydrogens is 330 g/mol. The van der Waals surface area contributed by atoms with Crippen molar-refractivity contribution >= 4 is 0 Å². The zero-order valence-electron chi connectivity index (χ0n) is 15.5. The number of benzene rings is 2. The Kier molecular flexibility index (Phi) is 6.36. The lowest BCUT2D eigenvalue weighted by Crippen LogP contribution is -2.31. The van der Waals surface area contributed by atoms with Crippen molar-refractivity contribution in [2.75, 3.05) is 27.4 Å². The number of phenolic OH excluding ortho intramolecular Hbond substituents is 1. The molecule has 0 aliphatic carbocycles. The van der Waals surface area contributed by atoms with Gasteiger partial charge < -0.3 is 19.3 Å². The molecule has 0 bridgehead atoms. The summed E-state index contributed by atoms with van der Waals surface area (Å²) in [6.07, 6.45) is 2.48. The molecule has 1 fully saturated rings. The van der Waals surface area contributed by atoms with Gasteiger partial charge in [0.15, 0.2) is 11.5 Å². The van der Waals surface area contributed by atoms with E-state index in [1.165, 1.54) is 0 Å². The molecule has 0 amide bonds.